The normalized spacial score (nSPS) is 17.9. The van der Waals surface area contributed by atoms with Gasteiger partial charge in [0.25, 0.3) is 0 Å². The summed E-state index contributed by atoms with van der Waals surface area (Å²) in [5, 5.41) is 0. The maximum absolute atomic E-state index is 5.34. The monoisotopic (exact) mass is 303 g/mol. The van der Waals surface area contributed by atoms with Gasteiger partial charge >= 0.3 is 0 Å². The van der Waals surface area contributed by atoms with Crippen molar-refractivity contribution in [3.8, 4) is 0 Å². The fourth-order valence-corrected chi connectivity index (χ4v) is 3.62. The topological polar surface area (TPSA) is 12.5 Å². The molecule has 1 aliphatic rings. The molecule has 0 amide bonds. The van der Waals surface area contributed by atoms with Crippen LogP contribution in [0.5, 0.6) is 0 Å². The van der Waals surface area contributed by atoms with Crippen molar-refractivity contribution in [2.24, 2.45) is 0 Å². The predicted molar refractivity (Wildman–Crippen MR) is 72.3 cm³/mol. The Morgan fingerprint density at radius 2 is 2.19 bits per heavy atom. The number of nitrogens with zero attached hydrogens (tertiary/aromatic N) is 1. The summed E-state index contributed by atoms with van der Waals surface area (Å²) in [5.74, 6) is 0. The molecule has 2 rings (SSSR count). The summed E-state index contributed by atoms with van der Waals surface area (Å²) in [6.45, 7) is 7.39. The van der Waals surface area contributed by atoms with Gasteiger partial charge in [0.1, 0.15) is 0 Å². The molecular formula is C12H18BrNOS. The van der Waals surface area contributed by atoms with Crippen molar-refractivity contribution in [2.45, 2.75) is 19.8 Å². The van der Waals surface area contributed by atoms with Crippen LogP contribution in [-0.2, 0) is 11.2 Å². The number of hydrogen-bond acceptors (Lipinski definition) is 3. The van der Waals surface area contributed by atoms with Crippen LogP contribution in [0.4, 0.5) is 0 Å². The van der Waals surface area contributed by atoms with Crippen LogP contribution in [0.1, 0.15) is 16.9 Å². The van der Waals surface area contributed by atoms with E-state index in [0.717, 1.165) is 26.3 Å². The van der Waals surface area contributed by atoms with Gasteiger partial charge in [-0.1, -0.05) is 0 Å². The lowest BCUT2D eigenvalue weighted by Gasteiger charge is -2.26. The van der Waals surface area contributed by atoms with Gasteiger partial charge in [-0.05, 0) is 53.9 Å². The minimum absolute atomic E-state index is 0.906. The molecule has 90 valence electrons. The zero-order valence-electron chi connectivity index (χ0n) is 9.67. The van der Waals surface area contributed by atoms with Crippen molar-refractivity contribution in [3.63, 3.8) is 0 Å². The summed E-state index contributed by atoms with van der Waals surface area (Å²) in [6, 6.07) is 2.30. The molecule has 0 radical (unpaired) electrons. The van der Waals surface area contributed by atoms with Crippen molar-refractivity contribution >= 4 is 27.3 Å². The van der Waals surface area contributed by atoms with Gasteiger partial charge in [-0.15, -0.1) is 11.3 Å². The van der Waals surface area contributed by atoms with E-state index in [4.69, 9.17) is 4.74 Å². The Morgan fingerprint density at radius 1 is 1.44 bits per heavy atom. The van der Waals surface area contributed by atoms with E-state index >= 15 is 0 Å². The third-order valence-electron chi connectivity index (χ3n) is 2.91. The first kappa shape index (κ1) is 12.6. The molecule has 0 atom stereocenters. The highest BCUT2D eigenvalue weighted by Gasteiger charge is 2.10. The van der Waals surface area contributed by atoms with Crippen LogP contribution in [0.3, 0.4) is 0 Å². The highest BCUT2D eigenvalue weighted by molar-refractivity contribution is 9.11. The lowest BCUT2D eigenvalue weighted by atomic mass is 10.2. The number of hydrogen-bond donors (Lipinski definition) is 0. The van der Waals surface area contributed by atoms with Crippen LogP contribution < -0.4 is 0 Å². The molecule has 16 heavy (non-hydrogen) atoms. The second-order valence-corrected chi connectivity index (χ2v) is 6.68. The fourth-order valence-electron chi connectivity index (χ4n) is 1.95. The molecule has 0 unspecified atom stereocenters. The summed E-state index contributed by atoms with van der Waals surface area (Å²) in [6.07, 6.45) is 2.46. The molecule has 1 aromatic rings. The first-order chi connectivity index (χ1) is 7.75. The van der Waals surface area contributed by atoms with Gasteiger partial charge in [0, 0.05) is 18.0 Å². The third-order valence-corrected chi connectivity index (χ3v) is 5.11. The third kappa shape index (κ3) is 3.55. The maximum Gasteiger partial charge on any atom is 0.0730 e. The molecule has 1 aromatic heterocycles. The van der Waals surface area contributed by atoms with Crippen LogP contribution in [0, 0.1) is 6.92 Å². The molecule has 2 nitrogen and oxygen atoms in total. The van der Waals surface area contributed by atoms with Crippen molar-refractivity contribution < 1.29 is 4.74 Å². The molecule has 1 fully saturated rings. The smallest absolute Gasteiger partial charge is 0.0730 e. The van der Waals surface area contributed by atoms with E-state index in [9.17, 15) is 0 Å². The second kappa shape index (κ2) is 6.15. The molecule has 0 bridgehead atoms. The quantitative estimate of drug-likeness (QED) is 0.847. The number of halogens is 1. The van der Waals surface area contributed by atoms with Crippen molar-refractivity contribution in [1.82, 2.24) is 4.90 Å². The summed E-state index contributed by atoms with van der Waals surface area (Å²) in [5.41, 5.74) is 1.37. The zero-order valence-corrected chi connectivity index (χ0v) is 12.1. The van der Waals surface area contributed by atoms with Gasteiger partial charge in [-0.3, -0.25) is 4.90 Å². The van der Waals surface area contributed by atoms with E-state index in [-0.39, 0.29) is 0 Å². The molecule has 1 aliphatic heterocycles. The Balaban J connectivity index is 1.71. The molecule has 0 saturated carbocycles. The van der Waals surface area contributed by atoms with E-state index in [1.807, 2.05) is 11.3 Å². The summed E-state index contributed by atoms with van der Waals surface area (Å²) >= 11 is 5.45. The second-order valence-electron chi connectivity index (χ2n) is 4.23. The molecule has 0 aliphatic carbocycles. The predicted octanol–water partition coefficient (Wildman–Crippen LogP) is 3.08. The standard InChI is InChI=1S/C12H18BrNOS/c1-10-9-11(16-12(10)13)3-2-4-14-5-7-15-8-6-14/h9H,2-8H2,1H3. The van der Waals surface area contributed by atoms with E-state index in [2.05, 4.69) is 33.8 Å². The Morgan fingerprint density at radius 3 is 2.81 bits per heavy atom. The average Bonchev–Trinajstić information content (AvgIpc) is 2.60. The van der Waals surface area contributed by atoms with Crippen LogP contribution >= 0.6 is 27.3 Å². The molecule has 0 spiro atoms. The number of morpholine rings is 1. The fraction of sp³-hybridized carbons (Fsp3) is 0.667. The number of thiophene rings is 1. The van der Waals surface area contributed by atoms with Crippen LogP contribution in [0.15, 0.2) is 9.85 Å². The molecule has 4 heteroatoms. The number of ether oxygens (including phenoxy) is 1. The number of rotatable bonds is 4. The molecule has 1 saturated heterocycles. The maximum atomic E-state index is 5.34. The first-order valence-electron chi connectivity index (χ1n) is 5.80. The molecule has 0 N–H and O–H groups in total. The summed E-state index contributed by atoms with van der Waals surface area (Å²) in [7, 11) is 0. The summed E-state index contributed by atoms with van der Waals surface area (Å²) in [4.78, 5) is 4.00. The SMILES string of the molecule is Cc1cc(CCCN2CCOCC2)sc1Br. The lowest BCUT2D eigenvalue weighted by molar-refractivity contribution is 0.0375. The van der Waals surface area contributed by atoms with Crippen LogP contribution in [0.25, 0.3) is 0 Å². The highest BCUT2D eigenvalue weighted by atomic mass is 79.9. The molecule has 2 heterocycles. The van der Waals surface area contributed by atoms with Gasteiger partial charge in [-0.2, -0.15) is 0 Å². The van der Waals surface area contributed by atoms with Gasteiger partial charge in [0.15, 0.2) is 0 Å². The Bertz CT molecular complexity index is 314. The van der Waals surface area contributed by atoms with E-state index < -0.39 is 0 Å². The molecular weight excluding hydrogens is 286 g/mol. The largest absolute Gasteiger partial charge is 0.379 e. The van der Waals surface area contributed by atoms with Crippen LogP contribution in [-0.4, -0.2) is 37.7 Å². The Kier molecular flexibility index (Phi) is 4.82. The minimum atomic E-state index is 0.906. The Hall–Kier alpha value is 0.100. The van der Waals surface area contributed by atoms with Gasteiger partial charge in [-0.25, -0.2) is 0 Å². The van der Waals surface area contributed by atoms with E-state index in [0.29, 0.717) is 0 Å². The first-order valence-corrected chi connectivity index (χ1v) is 7.41. The lowest BCUT2D eigenvalue weighted by Crippen LogP contribution is -2.36. The highest BCUT2D eigenvalue weighted by Crippen LogP contribution is 2.28. The number of aryl methyl sites for hydroxylation is 2. The van der Waals surface area contributed by atoms with Gasteiger partial charge in [0.05, 0.1) is 17.0 Å². The zero-order chi connectivity index (χ0) is 11.4. The average molecular weight is 304 g/mol. The summed E-state index contributed by atoms with van der Waals surface area (Å²) < 4.78 is 6.62. The van der Waals surface area contributed by atoms with Crippen molar-refractivity contribution in [1.29, 1.82) is 0 Å². The van der Waals surface area contributed by atoms with Gasteiger partial charge < -0.3 is 4.74 Å². The molecule has 0 aromatic carbocycles. The van der Waals surface area contributed by atoms with Crippen LogP contribution in [0.2, 0.25) is 0 Å². The van der Waals surface area contributed by atoms with Crippen molar-refractivity contribution in [2.75, 3.05) is 32.8 Å². The van der Waals surface area contributed by atoms with Crippen molar-refractivity contribution in [3.05, 3.63) is 20.3 Å². The van der Waals surface area contributed by atoms with Gasteiger partial charge in [0.2, 0.25) is 0 Å². The van der Waals surface area contributed by atoms with E-state index in [1.165, 1.54) is 33.6 Å². The Labute approximate surface area is 110 Å². The van der Waals surface area contributed by atoms with E-state index in [1.54, 1.807) is 0 Å². The minimum Gasteiger partial charge on any atom is -0.379 e.